The number of ether oxygens (including phenoxy) is 3. The second-order valence-corrected chi connectivity index (χ2v) is 6.68. The molecule has 0 aromatic heterocycles. The van der Waals surface area contributed by atoms with Crippen LogP contribution in [0.5, 0.6) is 17.2 Å². The Kier molecular flexibility index (Phi) is 4.67. The Balaban J connectivity index is 1.42. The highest BCUT2D eigenvalue weighted by Crippen LogP contribution is 2.38. The predicted octanol–water partition coefficient (Wildman–Crippen LogP) is 4.39. The number of fused-ring (bicyclic) bond motifs is 2. The summed E-state index contributed by atoms with van der Waals surface area (Å²) in [5.74, 6) is 1.68. The van der Waals surface area contributed by atoms with Crippen LogP contribution in [0, 0.1) is 0 Å². The van der Waals surface area contributed by atoms with E-state index in [1.54, 1.807) is 12.1 Å². The van der Waals surface area contributed by atoms with E-state index in [4.69, 9.17) is 14.2 Å². The fourth-order valence-corrected chi connectivity index (χ4v) is 3.17. The number of hydrogen-bond donors (Lipinski definition) is 1. The molecule has 6 heteroatoms. The van der Waals surface area contributed by atoms with E-state index in [1.165, 1.54) is 0 Å². The third kappa shape index (κ3) is 3.60. The number of hydrogen-bond acceptors (Lipinski definition) is 4. The Morgan fingerprint density at radius 1 is 1.00 bits per heavy atom. The van der Waals surface area contributed by atoms with Gasteiger partial charge in [-0.3, -0.25) is 4.79 Å². The van der Waals surface area contributed by atoms with Crippen LogP contribution in [0.25, 0.3) is 10.8 Å². The molecule has 0 saturated heterocycles. The number of carbonyl (C=O) groups excluding carboxylic acids is 1. The minimum absolute atomic E-state index is 0.0841. The molecule has 0 atom stereocenters. The van der Waals surface area contributed by atoms with Crippen LogP contribution in [-0.2, 0) is 4.79 Å². The molecule has 1 aliphatic heterocycles. The maximum Gasteiger partial charge on any atom is 0.262 e. The molecule has 0 saturated carbocycles. The molecule has 1 heterocycles. The summed E-state index contributed by atoms with van der Waals surface area (Å²) in [6.45, 7) is 0.928. The average molecular weight is 414 g/mol. The van der Waals surface area contributed by atoms with Gasteiger partial charge in [-0.1, -0.05) is 30.3 Å². The Labute approximate surface area is 159 Å². The second kappa shape index (κ2) is 7.25. The lowest BCUT2D eigenvalue weighted by Crippen LogP contribution is -2.21. The van der Waals surface area contributed by atoms with E-state index in [0.717, 1.165) is 15.2 Å². The van der Waals surface area contributed by atoms with Crippen LogP contribution in [-0.4, -0.2) is 25.7 Å². The van der Waals surface area contributed by atoms with Crippen LogP contribution >= 0.6 is 15.9 Å². The third-order valence-corrected chi connectivity index (χ3v) is 4.65. The summed E-state index contributed by atoms with van der Waals surface area (Å²) < 4.78 is 17.4. The average Bonchev–Trinajstić information content (AvgIpc) is 2.67. The first kappa shape index (κ1) is 16.7. The number of nitrogens with one attached hydrogen (secondary N) is 1. The van der Waals surface area contributed by atoms with E-state index in [9.17, 15) is 4.79 Å². The van der Waals surface area contributed by atoms with Crippen molar-refractivity contribution in [1.29, 1.82) is 0 Å². The van der Waals surface area contributed by atoms with Gasteiger partial charge in [0.15, 0.2) is 18.1 Å². The van der Waals surface area contributed by atoms with E-state index in [1.807, 2.05) is 42.5 Å². The number of carbonyl (C=O) groups is 1. The molecule has 0 spiro atoms. The zero-order valence-electron chi connectivity index (χ0n) is 13.8. The molecule has 0 fully saturated rings. The quantitative estimate of drug-likeness (QED) is 0.688. The van der Waals surface area contributed by atoms with Gasteiger partial charge in [0.1, 0.15) is 19.0 Å². The standard InChI is InChI=1S/C20H16BrNO4/c21-16-10-18-19(25-8-7-24-18)11-17(16)22-20(23)12-26-15-6-5-13-3-1-2-4-14(13)9-15/h1-6,9-11H,7-8,12H2,(H,22,23). The Bertz CT molecular complexity index is 973. The van der Waals surface area contributed by atoms with Crippen molar-refractivity contribution >= 4 is 38.3 Å². The maximum atomic E-state index is 12.2. The lowest BCUT2D eigenvalue weighted by atomic mass is 10.1. The van der Waals surface area contributed by atoms with Gasteiger partial charge in [-0.05, 0) is 38.8 Å². The summed E-state index contributed by atoms with van der Waals surface area (Å²) in [6, 6.07) is 17.3. The Hall–Kier alpha value is -2.73. The van der Waals surface area contributed by atoms with Crippen LogP contribution in [0.3, 0.4) is 0 Å². The maximum absolute atomic E-state index is 12.2. The van der Waals surface area contributed by atoms with Crippen LogP contribution in [0.1, 0.15) is 0 Å². The van der Waals surface area contributed by atoms with Gasteiger partial charge in [-0.2, -0.15) is 0 Å². The topological polar surface area (TPSA) is 56.8 Å². The minimum Gasteiger partial charge on any atom is -0.486 e. The molecule has 1 N–H and O–H groups in total. The fourth-order valence-electron chi connectivity index (χ4n) is 2.75. The highest BCUT2D eigenvalue weighted by atomic mass is 79.9. The summed E-state index contributed by atoms with van der Waals surface area (Å²) in [6.07, 6.45) is 0. The zero-order chi connectivity index (χ0) is 17.9. The number of benzene rings is 3. The number of amides is 1. The van der Waals surface area contributed by atoms with Crippen LogP contribution in [0.2, 0.25) is 0 Å². The van der Waals surface area contributed by atoms with Gasteiger partial charge in [-0.25, -0.2) is 0 Å². The smallest absolute Gasteiger partial charge is 0.262 e. The van der Waals surface area contributed by atoms with Crippen molar-refractivity contribution in [1.82, 2.24) is 0 Å². The highest BCUT2D eigenvalue weighted by Gasteiger charge is 2.16. The highest BCUT2D eigenvalue weighted by molar-refractivity contribution is 9.10. The summed E-state index contributed by atoms with van der Waals surface area (Å²) in [7, 11) is 0. The molecule has 0 bridgehead atoms. The first-order valence-electron chi connectivity index (χ1n) is 8.20. The fraction of sp³-hybridized carbons (Fsp3) is 0.150. The van der Waals surface area contributed by atoms with E-state index in [-0.39, 0.29) is 12.5 Å². The molecule has 0 aliphatic carbocycles. The van der Waals surface area contributed by atoms with Crippen molar-refractivity contribution in [2.75, 3.05) is 25.1 Å². The lowest BCUT2D eigenvalue weighted by Gasteiger charge is -2.20. The van der Waals surface area contributed by atoms with Crippen molar-refractivity contribution in [3.8, 4) is 17.2 Å². The number of rotatable bonds is 4. The Morgan fingerprint density at radius 3 is 2.54 bits per heavy atom. The molecular weight excluding hydrogens is 398 g/mol. The van der Waals surface area contributed by atoms with Gasteiger partial charge < -0.3 is 19.5 Å². The summed E-state index contributed by atoms with van der Waals surface area (Å²) in [4.78, 5) is 12.2. The summed E-state index contributed by atoms with van der Waals surface area (Å²) in [5, 5.41) is 5.02. The molecule has 3 aromatic rings. The van der Waals surface area contributed by atoms with Gasteiger partial charge in [0, 0.05) is 16.6 Å². The first-order chi connectivity index (χ1) is 12.7. The molecule has 26 heavy (non-hydrogen) atoms. The molecular formula is C20H16BrNO4. The largest absolute Gasteiger partial charge is 0.486 e. The van der Waals surface area contributed by atoms with E-state index >= 15 is 0 Å². The lowest BCUT2D eigenvalue weighted by molar-refractivity contribution is -0.118. The molecule has 0 unspecified atom stereocenters. The summed E-state index contributed by atoms with van der Waals surface area (Å²) >= 11 is 3.44. The van der Waals surface area contributed by atoms with E-state index in [0.29, 0.717) is 36.1 Å². The van der Waals surface area contributed by atoms with Crippen LogP contribution in [0.15, 0.2) is 59.1 Å². The van der Waals surface area contributed by atoms with Crippen LogP contribution < -0.4 is 19.5 Å². The van der Waals surface area contributed by atoms with Crippen molar-refractivity contribution < 1.29 is 19.0 Å². The number of halogens is 1. The van der Waals surface area contributed by atoms with Gasteiger partial charge in [0.05, 0.1) is 5.69 Å². The van der Waals surface area contributed by atoms with Crippen molar-refractivity contribution in [2.45, 2.75) is 0 Å². The number of anilines is 1. The molecule has 1 aliphatic rings. The van der Waals surface area contributed by atoms with Crippen molar-refractivity contribution in [2.24, 2.45) is 0 Å². The molecule has 3 aromatic carbocycles. The molecule has 0 radical (unpaired) electrons. The minimum atomic E-state index is -0.254. The molecule has 4 rings (SSSR count). The monoisotopic (exact) mass is 413 g/mol. The van der Waals surface area contributed by atoms with Gasteiger partial charge in [0.2, 0.25) is 0 Å². The first-order valence-corrected chi connectivity index (χ1v) is 8.99. The predicted molar refractivity (Wildman–Crippen MR) is 103 cm³/mol. The second-order valence-electron chi connectivity index (χ2n) is 5.82. The third-order valence-electron chi connectivity index (χ3n) is 4.00. The normalized spacial score (nSPS) is 12.7. The van der Waals surface area contributed by atoms with Gasteiger partial charge in [0.25, 0.3) is 5.91 Å². The molecule has 1 amide bonds. The van der Waals surface area contributed by atoms with E-state index < -0.39 is 0 Å². The SMILES string of the molecule is O=C(COc1ccc2ccccc2c1)Nc1cc2c(cc1Br)OCCO2. The van der Waals surface area contributed by atoms with E-state index in [2.05, 4.69) is 21.2 Å². The summed E-state index contributed by atoms with van der Waals surface area (Å²) in [5.41, 5.74) is 0.612. The van der Waals surface area contributed by atoms with Gasteiger partial charge in [-0.15, -0.1) is 0 Å². The Morgan fingerprint density at radius 2 is 1.73 bits per heavy atom. The van der Waals surface area contributed by atoms with Crippen molar-refractivity contribution in [3.05, 3.63) is 59.1 Å². The zero-order valence-corrected chi connectivity index (χ0v) is 15.4. The molecule has 5 nitrogen and oxygen atoms in total. The molecule has 132 valence electrons. The van der Waals surface area contributed by atoms with Crippen molar-refractivity contribution in [3.63, 3.8) is 0 Å². The van der Waals surface area contributed by atoms with Crippen LogP contribution in [0.4, 0.5) is 5.69 Å². The van der Waals surface area contributed by atoms with Gasteiger partial charge >= 0.3 is 0 Å².